The molecule has 1 aromatic heterocycles. The molecule has 4 N–H and O–H groups in total. The normalized spacial score (nSPS) is 19.3. The zero-order valence-corrected chi connectivity index (χ0v) is 27.3. The third kappa shape index (κ3) is 9.99. The van der Waals surface area contributed by atoms with Gasteiger partial charge in [-0.2, -0.15) is 0 Å². The number of aromatic hydroxyl groups is 3. The van der Waals surface area contributed by atoms with Gasteiger partial charge in [0, 0.05) is 38.6 Å². The molecule has 1 aliphatic heterocycles. The fourth-order valence-electron chi connectivity index (χ4n) is 6.25. The number of nitrogens with zero attached hydrogens (tertiary/aromatic N) is 1. The molecule has 5 atom stereocenters. The Balaban J connectivity index is 1.58. The summed E-state index contributed by atoms with van der Waals surface area (Å²) < 4.78 is 23.8. The Morgan fingerprint density at radius 2 is 1.89 bits per heavy atom. The number of ether oxygens (including phenoxy) is 4. The minimum atomic E-state index is -0.518. The van der Waals surface area contributed by atoms with Gasteiger partial charge in [-0.15, -0.1) is 0 Å². The van der Waals surface area contributed by atoms with Gasteiger partial charge in [0.15, 0.2) is 23.0 Å². The van der Waals surface area contributed by atoms with Gasteiger partial charge >= 0.3 is 5.97 Å². The Bertz CT molecular complexity index is 1400. The summed E-state index contributed by atoms with van der Waals surface area (Å²) in [5.41, 5.74) is 2.62. The molecule has 10 nitrogen and oxygen atoms in total. The van der Waals surface area contributed by atoms with E-state index in [1.807, 2.05) is 31.3 Å². The SMILES string of the molecule is CNC[C@H](C)CCC[C@H](Cc1ccc(O)c(OC)c1)[C@H]1C[C@@H](OC(C)=O)C[C@@H](c2cc(O)c(O)c(OCCc3cccnc3)c2)O1. The van der Waals surface area contributed by atoms with Crippen LogP contribution in [0.4, 0.5) is 0 Å². The van der Waals surface area contributed by atoms with E-state index in [9.17, 15) is 20.1 Å². The van der Waals surface area contributed by atoms with Gasteiger partial charge in [0.2, 0.25) is 5.75 Å². The van der Waals surface area contributed by atoms with Crippen LogP contribution in [0.2, 0.25) is 0 Å². The number of hydrogen-bond donors (Lipinski definition) is 4. The molecule has 3 aromatic rings. The third-order valence-electron chi connectivity index (χ3n) is 8.56. The summed E-state index contributed by atoms with van der Waals surface area (Å²) in [4.78, 5) is 16.2. The van der Waals surface area contributed by atoms with Crippen LogP contribution in [0.5, 0.6) is 28.7 Å². The minimum Gasteiger partial charge on any atom is -0.504 e. The second-order valence-electron chi connectivity index (χ2n) is 12.3. The first-order chi connectivity index (χ1) is 22.2. The fourth-order valence-corrected chi connectivity index (χ4v) is 6.25. The number of esters is 1. The number of hydrogen-bond acceptors (Lipinski definition) is 10. The molecule has 46 heavy (non-hydrogen) atoms. The van der Waals surface area contributed by atoms with Crippen LogP contribution in [-0.2, 0) is 27.1 Å². The maximum atomic E-state index is 12.1. The molecule has 250 valence electrons. The highest BCUT2D eigenvalue weighted by atomic mass is 16.6. The number of pyridine rings is 1. The lowest BCUT2D eigenvalue weighted by Gasteiger charge is -2.39. The van der Waals surface area contributed by atoms with Crippen LogP contribution in [0.3, 0.4) is 0 Å². The molecule has 0 saturated carbocycles. The quantitative estimate of drug-likeness (QED) is 0.112. The predicted molar refractivity (Wildman–Crippen MR) is 174 cm³/mol. The van der Waals surface area contributed by atoms with Crippen molar-refractivity contribution in [3.63, 3.8) is 0 Å². The summed E-state index contributed by atoms with van der Waals surface area (Å²) in [6.07, 6.45) is 7.36. The third-order valence-corrected chi connectivity index (χ3v) is 8.56. The molecule has 0 unspecified atom stereocenters. The summed E-state index contributed by atoms with van der Waals surface area (Å²) in [6.45, 7) is 4.85. The van der Waals surface area contributed by atoms with Crippen molar-refractivity contribution in [2.24, 2.45) is 11.8 Å². The monoisotopic (exact) mass is 636 g/mol. The van der Waals surface area contributed by atoms with Crippen molar-refractivity contribution in [3.8, 4) is 28.7 Å². The number of nitrogens with one attached hydrogen (secondary N) is 1. The Morgan fingerprint density at radius 3 is 2.61 bits per heavy atom. The summed E-state index contributed by atoms with van der Waals surface area (Å²) in [5, 5.41) is 34.7. The predicted octanol–water partition coefficient (Wildman–Crippen LogP) is 5.87. The van der Waals surface area contributed by atoms with Gasteiger partial charge < -0.3 is 39.6 Å². The number of rotatable bonds is 16. The fraction of sp³-hybridized carbons (Fsp3) is 0.500. The average molecular weight is 637 g/mol. The number of carbonyl (C=O) groups excluding carboxylic acids is 1. The van der Waals surface area contributed by atoms with Gasteiger partial charge in [0.25, 0.3) is 0 Å². The molecule has 0 radical (unpaired) electrons. The highest BCUT2D eigenvalue weighted by Gasteiger charge is 2.37. The molecule has 0 aliphatic carbocycles. The van der Waals surface area contributed by atoms with Crippen LogP contribution < -0.4 is 14.8 Å². The van der Waals surface area contributed by atoms with Crippen molar-refractivity contribution >= 4 is 5.97 Å². The first-order valence-corrected chi connectivity index (χ1v) is 16.1. The van der Waals surface area contributed by atoms with E-state index in [4.69, 9.17) is 18.9 Å². The highest BCUT2D eigenvalue weighted by Crippen LogP contribution is 2.44. The topological polar surface area (TPSA) is 140 Å². The minimum absolute atomic E-state index is 0.0674. The maximum Gasteiger partial charge on any atom is 0.302 e. The van der Waals surface area contributed by atoms with E-state index in [-0.39, 0.29) is 47.6 Å². The van der Waals surface area contributed by atoms with E-state index in [2.05, 4.69) is 17.2 Å². The van der Waals surface area contributed by atoms with Crippen molar-refractivity contribution in [1.29, 1.82) is 0 Å². The van der Waals surface area contributed by atoms with E-state index in [0.717, 1.165) is 36.9 Å². The number of aromatic nitrogens is 1. The molecule has 0 spiro atoms. The molecule has 1 aliphatic rings. The average Bonchev–Trinajstić information content (AvgIpc) is 3.03. The Labute approximate surface area is 271 Å². The second kappa shape index (κ2) is 17.1. The Hall–Kier alpha value is -4.02. The molecule has 10 heteroatoms. The number of phenolic OH excluding ortho intramolecular Hbond substituents is 3. The lowest BCUT2D eigenvalue weighted by atomic mass is 9.83. The summed E-state index contributed by atoms with van der Waals surface area (Å²) in [5.74, 6) is 0.220. The smallest absolute Gasteiger partial charge is 0.302 e. The van der Waals surface area contributed by atoms with Crippen LogP contribution in [0.1, 0.15) is 68.7 Å². The zero-order valence-electron chi connectivity index (χ0n) is 27.3. The van der Waals surface area contributed by atoms with E-state index in [1.54, 1.807) is 24.5 Å². The van der Waals surface area contributed by atoms with Crippen LogP contribution in [0.25, 0.3) is 0 Å². The van der Waals surface area contributed by atoms with Crippen molar-refractivity contribution < 1.29 is 39.1 Å². The highest BCUT2D eigenvalue weighted by molar-refractivity contribution is 5.66. The Kier molecular flexibility index (Phi) is 12.9. The lowest BCUT2D eigenvalue weighted by molar-refractivity contribution is -0.165. The number of benzene rings is 2. The first kappa shape index (κ1) is 34.8. The standard InChI is InChI=1S/C36H48N2O8/c1-23(21-37-3)7-5-9-27(15-26-10-11-30(40)34(16-26)43-4)32-19-29(45-24(2)39)20-33(46-32)28-17-31(41)36(42)35(18-28)44-14-12-25-8-6-13-38-22-25/h6,8,10-11,13,16-18,22-23,27,29,32-33,37,40-42H,5,7,9,12,14-15,19-21H2,1-4H3/t23-,27-,29-,32-,33+/m1/s1. The number of carbonyl (C=O) groups is 1. The van der Waals surface area contributed by atoms with Gasteiger partial charge in [-0.1, -0.05) is 25.5 Å². The molecule has 1 saturated heterocycles. The molecule has 2 aromatic carbocycles. The molecule has 2 heterocycles. The van der Waals surface area contributed by atoms with Gasteiger partial charge in [-0.05, 0) is 91.7 Å². The van der Waals surface area contributed by atoms with Gasteiger partial charge in [-0.25, -0.2) is 0 Å². The first-order valence-electron chi connectivity index (χ1n) is 16.1. The maximum absolute atomic E-state index is 12.1. The van der Waals surface area contributed by atoms with Crippen LogP contribution in [-0.4, -0.2) is 65.8 Å². The summed E-state index contributed by atoms with van der Waals surface area (Å²) in [6, 6.07) is 12.4. The second-order valence-corrected chi connectivity index (χ2v) is 12.3. The van der Waals surface area contributed by atoms with Gasteiger partial charge in [0.1, 0.15) is 6.10 Å². The van der Waals surface area contributed by atoms with Crippen molar-refractivity contribution in [1.82, 2.24) is 10.3 Å². The van der Waals surface area contributed by atoms with Crippen LogP contribution in [0, 0.1) is 11.8 Å². The van der Waals surface area contributed by atoms with Crippen LogP contribution >= 0.6 is 0 Å². The molecular weight excluding hydrogens is 588 g/mol. The molecule has 0 bridgehead atoms. The lowest BCUT2D eigenvalue weighted by Crippen LogP contribution is -2.39. The molecular formula is C36H48N2O8. The molecule has 1 fully saturated rings. The number of methoxy groups -OCH3 is 1. The molecule has 4 rings (SSSR count). The Morgan fingerprint density at radius 1 is 1.07 bits per heavy atom. The van der Waals surface area contributed by atoms with E-state index in [0.29, 0.717) is 42.9 Å². The largest absolute Gasteiger partial charge is 0.504 e. The van der Waals surface area contributed by atoms with E-state index >= 15 is 0 Å². The number of phenols is 3. The van der Waals surface area contributed by atoms with E-state index in [1.165, 1.54) is 20.1 Å². The van der Waals surface area contributed by atoms with Crippen LogP contribution in [0.15, 0.2) is 54.9 Å². The zero-order chi connectivity index (χ0) is 33.1. The summed E-state index contributed by atoms with van der Waals surface area (Å²) >= 11 is 0. The van der Waals surface area contributed by atoms with Crippen molar-refractivity contribution in [3.05, 3.63) is 71.5 Å². The van der Waals surface area contributed by atoms with E-state index < -0.39 is 12.2 Å². The van der Waals surface area contributed by atoms with Gasteiger partial charge in [-0.3, -0.25) is 9.78 Å². The van der Waals surface area contributed by atoms with Gasteiger partial charge in [0.05, 0.1) is 25.9 Å². The van der Waals surface area contributed by atoms with Crippen molar-refractivity contribution in [2.75, 3.05) is 27.3 Å². The summed E-state index contributed by atoms with van der Waals surface area (Å²) in [7, 11) is 3.49. The van der Waals surface area contributed by atoms with Crippen molar-refractivity contribution in [2.45, 2.75) is 77.1 Å². The molecule has 0 amide bonds.